The minimum absolute atomic E-state index is 0.0424. The summed E-state index contributed by atoms with van der Waals surface area (Å²) in [4.78, 5) is 0. The maximum atomic E-state index is 13.8. The Bertz CT molecular complexity index is 587. The lowest BCUT2D eigenvalue weighted by atomic mass is 9.99. The monoisotopic (exact) mass is 330 g/mol. The van der Waals surface area contributed by atoms with Crippen molar-refractivity contribution in [2.75, 3.05) is 0 Å². The Morgan fingerprint density at radius 2 is 1.63 bits per heavy atom. The van der Waals surface area contributed by atoms with E-state index in [1.165, 1.54) is 36.4 Å². The van der Waals surface area contributed by atoms with Crippen molar-refractivity contribution in [2.45, 2.75) is 12.5 Å². The van der Waals surface area contributed by atoms with Crippen LogP contribution in [0.5, 0.6) is 0 Å². The van der Waals surface area contributed by atoms with E-state index in [0.29, 0.717) is 0 Å². The van der Waals surface area contributed by atoms with Crippen molar-refractivity contribution in [3.63, 3.8) is 0 Å². The number of hydrogen-bond donors (Lipinski definition) is 1. The number of rotatable bonds is 3. The third kappa shape index (κ3) is 2.98. The van der Waals surface area contributed by atoms with Crippen molar-refractivity contribution in [2.24, 2.45) is 0 Å². The highest BCUT2D eigenvalue weighted by Crippen LogP contribution is 2.30. The van der Waals surface area contributed by atoms with Gasteiger partial charge in [0.2, 0.25) is 0 Å². The van der Waals surface area contributed by atoms with Crippen LogP contribution < -0.4 is 0 Å². The molecule has 1 unspecified atom stereocenters. The van der Waals surface area contributed by atoms with E-state index < -0.39 is 18.3 Å². The number of aliphatic hydroxyl groups excluding tert-OH is 1. The predicted octanol–water partition coefficient (Wildman–Crippen LogP) is 4.61. The normalized spacial score (nSPS) is 12.7. The molecule has 0 radical (unpaired) electrons. The van der Waals surface area contributed by atoms with Crippen LogP contribution in [0.3, 0.4) is 0 Å². The molecule has 2 rings (SSSR count). The Hall–Kier alpha value is -1.33. The van der Waals surface area contributed by atoms with Gasteiger partial charge in [0.15, 0.2) is 0 Å². The molecular formula is C14H10BrF3O. The second-order valence-electron chi connectivity index (χ2n) is 4.02. The largest absolute Gasteiger partial charge is 0.384 e. The van der Waals surface area contributed by atoms with Crippen molar-refractivity contribution < 1.29 is 18.3 Å². The molecule has 0 aliphatic rings. The van der Waals surface area contributed by atoms with Crippen LogP contribution in [0.4, 0.5) is 13.2 Å². The average Bonchev–Trinajstić information content (AvgIpc) is 2.41. The Labute approximate surface area is 116 Å². The molecule has 2 aromatic rings. The fourth-order valence-corrected chi connectivity index (χ4v) is 2.16. The van der Waals surface area contributed by atoms with E-state index in [1.54, 1.807) is 6.07 Å². The summed E-state index contributed by atoms with van der Waals surface area (Å²) in [6, 6.07) is 9.82. The van der Waals surface area contributed by atoms with Crippen LogP contribution in [0, 0.1) is 5.82 Å². The highest BCUT2D eigenvalue weighted by molar-refractivity contribution is 9.10. The van der Waals surface area contributed by atoms with E-state index in [1.807, 2.05) is 0 Å². The summed E-state index contributed by atoms with van der Waals surface area (Å²) in [5.41, 5.74) is 0.0718. The van der Waals surface area contributed by atoms with Crippen LogP contribution in [0.1, 0.15) is 29.2 Å². The molecule has 0 fully saturated rings. The molecule has 1 atom stereocenters. The van der Waals surface area contributed by atoms with Crippen molar-refractivity contribution in [1.29, 1.82) is 0 Å². The first-order chi connectivity index (χ1) is 9.00. The topological polar surface area (TPSA) is 20.2 Å². The molecule has 1 nitrogen and oxygen atoms in total. The molecule has 0 aliphatic carbocycles. The summed E-state index contributed by atoms with van der Waals surface area (Å²) in [7, 11) is 0. The van der Waals surface area contributed by atoms with Gasteiger partial charge in [-0.1, -0.05) is 30.3 Å². The van der Waals surface area contributed by atoms with E-state index in [0.717, 1.165) is 0 Å². The minimum atomic E-state index is -2.63. The van der Waals surface area contributed by atoms with Gasteiger partial charge in [-0.15, -0.1) is 0 Å². The summed E-state index contributed by atoms with van der Waals surface area (Å²) in [6.07, 6.45) is -3.91. The van der Waals surface area contributed by atoms with Crippen LogP contribution in [0.2, 0.25) is 0 Å². The van der Waals surface area contributed by atoms with E-state index in [4.69, 9.17) is 0 Å². The molecule has 0 aliphatic heterocycles. The van der Waals surface area contributed by atoms with Crippen LogP contribution in [-0.4, -0.2) is 5.11 Å². The molecular weight excluding hydrogens is 321 g/mol. The van der Waals surface area contributed by atoms with Crippen LogP contribution in [0.15, 0.2) is 46.9 Å². The molecule has 5 heteroatoms. The fourth-order valence-electron chi connectivity index (χ4n) is 1.78. The molecule has 0 spiro atoms. The predicted molar refractivity (Wildman–Crippen MR) is 69.6 cm³/mol. The minimum Gasteiger partial charge on any atom is -0.384 e. The van der Waals surface area contributed by atoms with Gasteiger partial charge in [0.25, 0.3) is 6.43 Å². The molecule has 1 N–H and O–H groups in total. The van der Waals surface area contributed by atoms with Gasteiger partial charge in [-0.25, -0.2) is 13.2 Å². The zero-order valence-corrected chi connectivity index (χ0v) is 11.2. The highest BCUT2D eigenvalue weighted by atomic mass is 79.9. The number of benzene rings is 2. The molecule has 0 aromatic heterocycles. The smallest absolute Gasteiger partial charge is 0.263 e. The molecule has 19 heavy (non-hydrogen) atoms. The van der Waals surface area contributed by atoms with Crippen molar-refractivity contribution in [1.82, 2.24) is 0 Å². The van der Waals surface area contributed by atoms with Gasteiger partial charge in [0.05, 0.1) is 4.47 Å². The van der Waals surface area contributed by atoms with Crippen LogP contribution in [-0.2, 0) is 0 Å². The second kappa shape index (κ2) is 5.75. The highest BCUT2D eigenvalue weighted by Gasteiger charge is 2.18. The first-order valence-corrected chi connectivity index (χ1v) is 6.30. The molecule has 100 valence electrons. The third-order valence-corrected chi connectivity index (χ3v) is 3.37. The number of halogens is 4. The van der Waals surface area contributed by atoms with Gasteiger partial charge >= 0.3 is 0 Å². The van der Waals surface area contributed by atoms with Crippen molar-refractivity contribution >= 4 is 15.9 Å². The maximum absolute atomic E-state index is 13.8. The summed E-state index contributed by atoms with van der Waals surface area (Å²) >= 11 is 3.02. The standard InChI is InChI=1S/C14H10BrF3O/c15-11-6-2-5-10(12(11)16)13(19)8-3-1-4-9(7-8)14(17)18/h1-7,13-14,19H. The zero-order valence-electron chi connectivity index (χ0n) is 9.66. The van der Waals surface area contributed by atoms with E-state index in [2.05, 4.69) is 15.9 Å². The third-order valence-electron chi connectivity index (χ3n) is 2.75. The molecule has 0 heterocycles. The Morgan fingerprint density at radius 1 is 1.00 bits per heavy atom. The lowest BCUT2D eigenvalue weighted by molar-refractivity contribution is 0.150. The maximum Gasteiger partial charge on any atom is 0.263 e. The second-order valence-corrected chi connectivity index (χ2v) is 4.87. The molecule has 2 aromatic carbocycles. The summed E-state index contributed by atoms with van der Waals surface area (Å²) in [5, 5.41) is 10.1. The Balaban J connectivity index is 2.41. The first-order valence-electron chi connectivity index (χ1n) is 5.50. The first kappa shape index (κ1) is 14.1. The van der Waals surface area contributed by atoms with Crippen LogP contribution in [0.25, 0.3) is 0 Å². The van der Waals surface area contributed by atoms with E-state index >= 15 is 0 Å². The van der Waals surface area contributed by atoms with E-state index in [9.17, 15) is 18.3 Å². The van der Waals surface area contributed by atoms with Crippen molar-refractivity contribution in [3.8, 4) is 0 Å². The SMILES string of the molecule is OC(c1cccc(C(F)F)c1)c1cccc(Br)c1F. The number of hydrogen-bond acceptors (Lipinski definition) is 1. The van der Waals surface area contributed by atoms with Gasteiger partial charge in [0.1, 0.15) is 11.9 Å². The Kier molecular flexibility index (Phi) is 4.27. The van der Waals surface area contributed by atoms with Gasteiger partial charge in [-0.05, 0) is 33.6 Å². The average molecular weight is 331 g/mol. The molecule has 0 saturated carbocycles. The van der Waals surface area contributed by atoms with Gasteiger partial charge in [-0.2, -0.15) is 0 Å². The lowest BCUT2D eigenvalue weighted by Crippen LogP contribution is -2.03. The Morgan fingerprint density at radius 3 is 2.32 bits per heavy atom. The quantitative estimate of drug-likeness (QED) is 0.871. The summed E-state index contributed by atoms with van der Waals surface area (Å²) in [5.74, 6) is -0.600. The van der Waals surface area contributed by atoms with Crippen LogP contribution >= 0.6 is 15.9 Å². The lowest BCUT2D eigenvalue weighted by Gasteiger charge is -2.14. The molecule has 0 saturated heterocycles. The molecule has 0 bridgehead atoms. The zero-order chi connectivity index (χ0) is 14.0. The fraction of sp³-hybridized carbons (Fsp3) is 0.143. The van der Waals surface area contributed by atoms with E-state index in [-0.39, 0.29) is 21.2 Å². The van der Waals surface area contributed by atoms with Gasteiger partial charge in [-0.3, -0.25) is 0 Å². The van der Waals surface area contributed by atoms with Gasteiger partial charge in [0, 0.05) is 11.1 Å². The summed E-state index contributed by atoms with van der Waals surface area (Å²) in [6.45, 7) is 0. The number of aliphatic hydroxyl groups is 1. The van der Waals surface area contributed by atoms with Crippen molar-refractivity contribution in [3.05, 3.63) is 69.4 Å². The number of alkyl halides is 2. The molecule has 0 amide bonds. The van der Waals surface area contributed by atoms with Gasteiger partial charge < -0.3 is 5.11 Å². The summed E-state index contributed by atoms with van der Waals surface area (Å²) < 4.78 is 39.2.